The molecule has 1 aliphatic rings. The molecular weight excluding hydrogens is 260 g/mol. The molecule has 1 atom stereocenters. The number of halogens is 3. The van der Waals surface area contributed by atoms with Crippen molar-refractivity contribution in [3.63, 3.8) is 0 Å². The lowest BCUT2D eigenvalue weighted by molar-refractivity contribution is -0.146. The normalized spacial score (nSPS) is 21.7. The molecule has 1 rings (SSSR count). The van der Waals surface area contributed by atoms with Gasteiger partial charge in [0, 0.05) is 6.54 Å². The van der Waals surface area contributed by atoms with Crippen molar-refractivity contribution in [2.75, 3.05) is 11.9 Å². The maximum atomic E-state index is 12.1. The zero-order valence-corrected chi connectivity index (χ0v) is 8.97. The molecule has 0 aromatic heterocycles. The van der Waals surface area contributed by atoms with Gasteiger partial charge >= 0.3 is 6.43 Å². The topological polar surface area (TPSA) is 37.4 Å². The first-order valence-electron chi connectivity index (χ1n) is 4.25. The second-order valence-corrected chi connectivity index (χ2v) is 3.65. The summed E-state index contributed by atoms with van der Waals surface area (Å²) >= 11 is 2.96. The van der Waals surface area contributed by atoms with Gasteiger partial charge in [-0.05, 0) is 12.8 Å². The minimum absolute atomic E-state index is 0.102. The summed E-state index contributed by atoms with van der Waals surface area (Å²) in [5.74, 6) is -1.45. The molecule has 0 aromatic carbocycles. The molecule has 1 aliphatic heterocycles. The summed E-state index contributed by atoms with van der Waals surface area (Å²) in [5.41, 5.74) is 0. The van der Waals surface area contributed by atoms with Crippen LogP contribution in [0.3, 0.4) is 0 Å². The van der Waals surface area contributed by atoms with E-state index in [9.17, 15) is 18.4 Å². The standard InChI is InChI=1S/C8H10BrF2NO2/c9-4-6(13)5-2-1-3-12(5)8(14)7(10)11/h5,7H,1-4H2/t5-/m0/s1. The Morgan fingerprint density at radius 1 is 1.50 bits per heavy atom. The number of carbonyl (C=O) groups is 2. The highest BCUT2D eigenvalue weighted by Crippen LogP contribution is 2.20. The molecule has 0 saturated carbocycles. The lowest BCUT2D eigenvalue weighted by Gasteiger charge is -2.22. The third kappa shape index (κ3) is 2.29. The van der Waals surface area contributed by atoms with Crippen LogP contribution < -0.4 is 0 Å². The molecule has 14 heavy (non-hydrogen) atoms. The molecule has 0 N–H and O–H groups in total. The highest BCUT2D eigenvalue weighted by Gasteiger charge is 2.36. The van der Waals surface area contributed by atoms with Gasteiger partial charge in [-0.1, -0.05) is 15.9 Å². The average Bonchev–Trinajstić information content (AvgIpc) is 2.63. The quantitative estimate of drug-likeness (QED) is 0.723. The van der Waals surface area contributed by atoms with E-state index in [0.29, 0.717) is 12.8 Å². The number of likely N-dealkylation sites (tertiary alicyclic amines) is 1. The fourth-order valence-corrected chi connectivity index (χ4v) is 1.95. The van der Waals surface area contributed by atoms with Crippen LogP contribution in [0, 0.1) is 0 Å². The van der Waals surface area contributed by atoms with Gasteiger partial charge in [0.1, 0.15) is 0 Å². The molecule has 1 amide bonds. The molecule has 3 nitrogen and oxygen atoms in total. The Morgan fingerprint density at radius 2 is 2.14 bits per heavy atom. The predicted octanol–water partition coefficient (Wildman–Crippen LogP) is 1.21. The molecular formula is C8H10BrF2NO2. The molecule has 0 spiro atoms. The van der Waals surface area contributed by atoms with Gasteiger partial charge in [0.25, 0.3) is 5.91 Å². The lowest BCUT2D eigenvalue weighted by Crippen LogP contribution is -2.43. The SMILES string of the molecule is O=C(CBr)[C@@H]1CCCN1C(=O)C(F)F. The smallest absolute Gasteiger partial charge is 0.315 e. The first kappa shape index (κ1) is 11.6. The second-order valence-electron chi connectivity index (χ2n) is 3.09. The maximum absolute atomic E-state index is 12.1. The van der Waals surface area contributed by atoms with Gasteiger partial charge in [-0.25, -0.2) is 0 Å². The van der Waals surface area contributed by atoms with Crippen molar-refractivity contribution in [2.45, 2.75) is 25.3 Å². The molecule has 0 unspecified atom stereocenters. The van der Waals surface area contributed by atoms with Crippen molar-refractivity contribution in [1.82, 2.24) is 4.90 Å². The largest absolute Gasteiger partial charge is 0.328 e. The van der Waals surface area contributed by atoms with Crippen molar-refractivity contribution in [3.05, 3.63) is 0 Å². The Balaban J connectivity index is 2.68. The Hall–Kier alpha value is -0.520. The molecule has 1 fully saturated rings. The summed E-state index contributed by atoms with van der Waals surface area (Å²) in [6.45, 7) is 0.257. The molecule has 6 heteroatoms. The second kappa shape index (κ2) is 4.82. The number of nitrogens with zero attached hydrogens (tertiary/aromatic N) is 1. The molecule has 0 aromatic rings. The van der Waals surface area contributed by atoms with Crippen molar-refractivity contribution in [2.24, 2.45) is 0 Å². The van der Waals surface area contributed by atoms with Crippen LogP contribution in [0.1, 0.15) is 12.8 Å². The molecule has 1 saturated heterocycles. The van der Waals surface area contributed by atoms with E-state index >= 15 is 0 Å². The van der Waals surface area contributed by atoms with E-state index < -0.39 is 18.4 Å². The van der Waals surface area contributed by atoms with Crippen LogP contribution in [0.25, 0.3) is 0 Å². The highest BCUT2D eigenvalue weighted by molar-refractivity contribution is 9.09. The number of alkyl halides is 3. The van der Waals surface area contributed by atoms with Crippen LogP contribution >= 0.6 is 15.9 Å². The maximum Gasteiger partial charge on any atom is 0.315 e. The van der Waals surface area contributed by atoms with Gasteiger partial charge in [-0.2, -0.15) is 8.78 Å². The third-order valence-corrected chi connectivity index (χ3v) is 2.78. The van der Waals surface area contributed by atoms with Gasteiger partial charge in [0.15, 0.2) is 5.78 Å². The summed E-state index contributed by atoms with van der Waals surface area (Å²) in [6, 6.07) is -0.657. The van der Waals surface area contributed by atoms with Gasteiger partial charge in [0.2, 0.25) is 0 Å². The van der Waals surface area contributed by atoms with Crippen LogP contribution in [-0.2, 0) is 9.59 Å². The highest BCUT2D eigenvalue weighted by atomic mass is 79.9. The van der Waals surface area contributed by atoms with E-state index in [1.54, 1.807) is 0 Å². The Morgan fingerprint density at radius 3 is 2.64 bits per heavy atom. The van der Waals surface area contributed by atoms with E-state index in [4.69, 9.17) is 0 Å². The fourth-order valence-electron chi connectivity index (χ4n) is 1.58. The molecule has 0 bridgehead atoms. The zero-order chi connectivity index (χ0) is 10.7. The third-order valence-electron chi connectivity index (χ3n) is 2.23. The van der Waals surface area contributed by atoms with Crippen LogP contribution in [0.4, 0.5) is 8.78 Å². The predicted molar refractivity (Wildman–Crippen MR) is 49.5 cm³/mol. The number of hydrogen-bond acceptors (Lipinski definition) is 2. The number of carbonyl (C=O) groups excluding carboxylic acids is 2. The van der Waals surface area contributed by atoms with E-state index in [0.717, 1.165) is 4.90 Å². The van der Waals surface area contributed by atoms with Gasteiger partial charge in [-0.3, -0.25) is 9.59 Å². The molecule has 1 heterocycles. The number of Topliss-reactive ketones (excluding diaryl/α,β-unsaturated/α-hetero) is 1. The number of amides is 1. The minimum Gasteiger partial charge on any atom is -0.328 e. The van der Waals surface area contributed by atoms with Crippen molar-refractivity contribution in [1.29, 1.82) is 0 Å². The number of hydrogen-bond donors (Lipinski definition) is 0. The van der Waals surface area contributed by atoms with Gasteiger partial charge in [-0.15, -0.1) is 0 Å². The first-order chi connectivity index (χ1) is 6.57. The lowest BCUT2D eigenvalue weighted by atomic mass is 10.1. The first-order valence-corrected chi connectivity index (χ1v) is 5.37. The summed E-state index contributed by atoms with van der Waals surface area (Å²) in [4.78, 5) is 23.2. The van der Waals surface area contributed by atoms with E-state index in [1.807, 2.05) is 0 Å². The van der Waals surface area contributed by atoms with Crippen molar-refractivity contribution < 1.29 is 18.4 Å². The van der Waals surface area contributed by atoms with E-state index in [1.165, 1.54) is 0 Å². The fraction of sp³-hybridized carbons (Fsp3) is 0.750. The monoisotopic (exact) mass is 269 g/mol. The summed E-state index contributed by atoms with van der Waals surface area (Å²) in [5, 5.41) is 0.102. The average molecular weight is 270 g/mol. The van der Waals surface area contributed by atoms with E-state index in [-0.39, 0.29) is 17.7 Å². The van der Waals surface area contributed by atoms with E-state index in [2.05, 4.69) is 15.9 Å². The van der Waals surface area contributed by atoms with Crippen molar-refractivity contribution in [3.8, 4) is 0 Å². The van der Waals surface area contributed by atoms with Gasteiger partial charge in [0.05, 0.1) is 11.4 Å². The minimum atomic E-state index is -3.02. The molecule has 0 aliphatic carbocycles. The number of ketones is 1. The Bertz CT molecular complexity index is 247. The Labute approximate surface area is 88.6 Å². The van der Waals surface area contributed by atoms with Crippen LogP contribution in [0.15, 0.2) is 0 Å². The summed E-state index contributed by atoms with van der Waals surface area (Å²) in [7, 11) is 0. The zero-order valence-electron chi connectivity index (χ0n) is 7.38. The van der Waals surface area contributed by atoms with Crippen molar-refractivity contribution >= 4 is 27.6 Å². The Kier molecular flexibility index (Phi) is 3.97. The summed E-state index contributed by atoms with van der Waals surface area (Å²) < 4.78 is 24.2. The van der Waals surface area contributed by atoms with Crippen LogP contribution in [0.5, 0.6) is 0 Å². The summed E-state index contributed by atoms with van der Waals surface area (Å²) in [6.07, 6.45) is -1.91. The van der Waals surface area contributed by atoms with Crippen LogP contribution in [0.2, 0.25) is 0 Å². The van der Waals surface area contributed by atoms with Gasteiger partial charge < -0.3 is 4.90 Å². The van der Waals surface area contributed by atoms with Crippen LogP contribution in [-0.4, -0.2) is 40.9 Å². The number of rotatable bonds is 3. The molecule has 0 radical (unpaired) electrons. The molecule has 80 valence electrons.